The molecule has 0 aromatic heterocycles. The molecule has 0 N–H and O–H groups in total. The molecule has 156 valence electrons. The molecule has 0 unspecified atom stereocenters. The Balaban J connectivity index is 0.000000359. The van der Waals surface area contributed by atoms with Gasteiger partial charge in [-0.1, -0.05) is 0 Å². The summed E-state index contributed by atoms with van der Waals surface area (Å²) >= 11 is 0. The van der Waals surface area contributed by atoms with Crippen LogP contribution in [0.2, 0.25) is 0 Å². The number of rotatable bonds is 3. The van der Waals surface area contributed by atoms with Gasteiger partial charge in [0, 0.05) is 0 Å². The van der Waals surface area contributed by atoms with Gasteiger partial charge in [-0.25, -0.2) is 8.42 Å². The van der Waals surface area contributed by atoms with Gasteiger partial charge in [0.05, 0.1) is 0 Å². The third-order valence-corrected chi connectivity index (χ3v) is 11.7. The molecule has 0 aromatic carbocycles. The van der Waals surface area contributed by atoms with Crippen molar-refractivity contribution in [2.24, 2.45) is 0 Å². The zero-order chi connectivity index (χ0) is 20.4. The van der Waals surface area contributed by atoms with E-state index in [2.05, 4.69) is 0 Å². The summed E-state index contributed by atoms with van der Waals surface area (Å²) in [5.74, 6) is 0. The van der Waals surface area contributed by atoms with Crippen LogP contribution in [-0.4, -0.2) is 42.9 Å². The normalized spacial score (nSPS) is 21.1. The van der Waals surface area contributed by atoms with Gasteiger partial charge in [0.1, 0.15) is 20.4 Å². The van der Waals surface area contributed by atoms with Crippen LogP contribution in [0.5, 0.6) is 0 Å². The van der Waals surface area contributed by atoms with E-state index in [4.69, 9.17) is 13.0 Å². The average molecular weight is 452 g/mol. The van der Waals surface area contributed by atoms with Gasteiger partial charge in [0.15, 0.2) is 10.1 Å². The van der Waals surface area contributed by atoms with Gasteiger partial charge in [0.25, 0.3) is 0 Å². The molecule has 0 aliphatic heterocycles. The monoisotopic (exact) mass is 452 g/mol. The van der Waals surface area contributed by atoms with Crippen molar-refractivity contribution in [1.29, 1.82) is 0 Å². The van der Waals surface area contributed by atoms with E-state index in [0.717, 1.165) is 25.7 Å². The van der Waals surface area contributed by atoms with E-state index in [0.29, 0.717) is 25.7 Å². The zero-order valence-electron chi connectivity index (χ0n) is 13.3. The summed E-state index contributed by atoms with van der Waals surface area (Å²) in [7, 11) is -12.6. The molecule has 0 spiro atoms. The van der Waals surface area contributed by atoms with Crippen LogP contribution in [0, 0.1) is 0 Å². The number of hydrogen-bond acceptors (Lipinski definition) is 5. The van der Waals surface area contributed by atoms with Crippen molar-refractivity contribution >= 4 is 28.9 Å². The lowest BCUT2D eigenvalue weighted by Crippen LogP contribution is -2.42. The highest BCUT2D eigenvalue weighted by atomic mass is 33.2. The highest BCUT2D eigenvalue weighted by Crippen LogP contribution is 2.43. The number of hydrogen-bond donors (Lipinski definition) is 0. The lowest BCUT2D eigenvalue weighted by molar-refractivity contribution is -0.0518. The van der Waals surface area contributed by atoms with Crippen molar-refractivity contribution in [2.75, 3.05) is 0 Å². The highest BCUT2D eigenvalue weighted by Gasteiger charge is 2.63. The minimum Gasteiger partial charge on any atom is -0.741 e. The molecule has 0 saturated heterocycles. The molecular formula is C12H18F6O5S3. The van der Waals surface area contributed by atoms with Crippen molar-refractivity contribution < 1.29 is 47.7 Å². The van der Waals surface area contributed by atoms with Gasteiger partial charge >= 0.3 is 19.9 Å². The first kappa shape index (κ1) is 23.8. The van der Waals surface area contributed by atoms with Crippen molar-refractivity contribution in [1.82, 2.24) is 0 Å². The fraction of sp³-hybridized carbons (Fsp3) is 1.00. The van der Waals surface area contributed by atoms with Crippen LogP contribution in [0.3, 0.4) is 0 Å². The second-order valence-electron chi connectivity index (χ2n) is 5.94. The van der Waals surface area contributed by atoms with Crippen molar-refractivity contribution in [2.45, 2.75) is 72.9 Å². The summed E-state index contributed by atoms with van der Waals surface area (Å²) in [5, 5.41) is -0.501. The Morgan fingerprint density at radius 1 is 0.692 bits per heavy atom. The van der Waals surface area contributed by atoms with E-state index < -0.39 is 39.9 Å². The SMILES string of the molecule is O=S(=O)([O-])C(F)(F)F.O=S(=O)([S+](C1CCCC1)C1CCCC1)C(F)(F)F. The first-order chi connectivity index (χ1) is 11.6. The molecule has 26 heavy (non-hydrogen) atoms. The Hall–Kier alpha value is -0.210. The number of halogens is 6. The minimum absolute atomic E-state index is 0.250. The molecule has 14 heteroatoms. The molecule has 5 nitrogen and oxygen atoms in total. The third kappa shape index (κ3) is 5.89. The van der Waals surface area contributed by atoms with E-state index in [1.54, 1.807) is 0 Å². The first-order valence-electron chi connectivity index (χ1n) is 7.65. The quantitative estimate of drug-likeness (QED) is 0.215. The van der Waals surface area contributed by atoms with Crippen molar-refractivity contribution in [3.63, 3.8) is 0 Å². The van der Waals surface area contributed by atoms with Crippen LogP contribution in [0.15, 0.2) is 0 Å². The summed E-state index contributed by atoms with van der Waals surface area (Å²) in [4.78, 5) is 0. The van der Waals surface area contributed by atoms with Crippen LogP contribution < -0.4 is 0 Å². The molecule has 2 aliphatic rings. The maximum atomic E-state index is 12.8. The van der Waals surface area contributed by atoms with Crippen LogP contribution >= 0.6 is 0 Å². The van der Waals surface area contributed by atoms with Gasteiger partial charge in [-0.3, -0.25) is 0 Å². The molecule has 0 bridgehead atoms. The van der Waals surface area contributed by atoms with E-state index in [-0.39, 0.29) is 10.5 Å². The van der Waals surface area contributed by atoms with E-state index in [1.165, 1.54) is 0 Å². The largest absolute Gasteiger partial charge is 0.741 e. The molecule has 2 saturated carbocycles. The molecule has 0 atom stereocenters. The molecular weight excluding hydrogens is 434 g/mol. The third-order valence-electron chi connectivity index (χ3n) is 4.08. The van der Waals surface area contributed by atoms with Crippen LogP contribution in [0.1, 0.15) is 51.4 Å². The average Bonchev–Trinajstić information content (AvgIpc) is 3.09. The smallest absolute Gasteiger partial charge is 0.543 e. The number of alkyl halides is 6. The Bertz CT molecular complexity index is 642. The highest BCUT2D eigenvalue weighted by molar-refractivity contribution is 8.70. The van der Waals surface area contributed by atoms with Crippen LogP contribution in [0.4, 0.5) is 26.3 Å². The predicted molar refractivity (Wildman–Crippen MR) is 82.6 cm³/mol. The lowest BCUT2D eigenvalue weighted by Gasteiger charge is -2.20. The maximum absolute atomic E-state index is 12.8. The first-order valence-corrected chi connectivity index (χ1v) is 12.4. The van der Waals surface area contributed by atoms with E-state index in [1.807, 2.05) is 0 Å². The standard InChI is InChI=1S/C11H18F3O2S2.CHF3O3S/c12-11(13,14)18(15,16)17(9-5-1-2-6-9)10-7-3-4-8-10;2-1(3,4)8(5,6)7/h9-10H,1-8H2;(H,5,6,7)/q+1;/p-1. The van der Waals surface area contributed by atoms with E-state index in [9.17, 15) is 34.8 Å². The summed E-state index contributed by atoms with van der Waals surface area (Å²) < 4.78 is 121. The Morgan fingerprint density at radius 3 is 1.15 bits per heavy atom. The minimum atomic E-state index is -6.09. The van der Waals surface area contributed by atoms with Gasteiger partial charge in [0.2, 0.25) is 0 Å². The second-order valence-corrected chi connectivity index (χ2v) is 13.1. The van der Waals surface area contributed by atoms with Gasteiger partial charge in [-0.2, -0.15) is 34.8 Å². The Labute approximate surface area is 149 Å². The second kappa shape index (κ2) is 8.43. The molecule has 2 rings (SSSR count). The summed E-state index contributed by atoms with van der Waals surface area (Å²) in [6, 6.07) is 0. The zero-order valence-corrected chi connectivity index (χ0v) is 15.8. The lowest BCUT2D eigenvalue weighted by atomic mass is 10.4. The molecule has 0 heterocycles. The fourth-order valence-electron chi connectivity index (χ4n) is 2.98. The van der Waals surface area contributed by atoms with Crippen LogP contribution in [-0.2, 0) is 28.9 Å². The molecule has 2 fully saturated rings. The van der Waals surface area contributed by atoms with E-state index >= 15 is 0 Å². The molecule has 2 aliphatic carbocycles. The van der Waals surface area contributed by atoms with Gasteiger partial charge in [-0.05, 0) is 51.4 Å². The summed E-state index contributed by atoms with van der Waals surface area (Å²) in [5.41, 5.74) is -10.7. The van der Waals surface area contributed by atoms with Gasteiger partial charge < -0.3 is 4.55 Å². The summed E-state index contributed by atoms with van der Waals surface area (Å²) in [6.07, 6.45) is 6.07. The molecule has 0 aromatic rings. The fourth-order valence-corrected chi connectivity index (χ4v) is 10.0. The predicted octanol–water partition coefficient (Wildman–Crippen LogP) is 3.39. The molecule has 0 radical (unpaired) electrons. The Morgan fingerprint density at radius 2 is 0.962 bits per heavy atom. The van der Waals surface area contributed by atoms with Crippen molar-refractivity contribution in [3.8, 4) is 0 Å². The molecule has 0 amide bonds. The Kier molecular flexibility index (Phi) is 7.73. The maximum Gasteiger partial charge on any atom is 0.543 e. The topological polar surface area (TPSA) is 91.3 Å². The van der Waals surface area contributed by atoms with Crippen LogP contribution in [0.25, 0.3) is 0 Å². The van der Waals surface area contributed by atoms with Crippen molar-refractivity contribution in [3.05, 3.63) is 0 Å². The summed E-state index contributed by atoms with van der Waals surface area (Å²) in [6.45, 7) is 0. The van der Waals surface area contributed by atoms with Gasteiger partial charge in [-0.15, -0.1) is 0 Å².